The molecule has 1 aromatic heterocycles. The molecule has 0 aliphatic heterocycles. The van der Waals surface area contributed by atoms with Gasteiger partial charge in [-0.05, 0) is 70.1 Å². The number of hydrogen-bond donors (Lipinski definition) is 0. The van der Waals surface area contributed by atoms with Crippen molar-refractivity contribution in [3.05, 3.63) is 96.1 Å². The average Bonchev–Trinajstić information content (AvgIpc) is 0.775. The molecule has 0 fully saturated rings. The van der Waals surface area contributed by atoms with Gasteiger partial charge < -0.3 is 17.7 Å². The summed E-state index contributed by atoms with van der Waals surface area (Å²) < 4.78 is 563. The Kier molecular flexibility index (Phi) is 16.2. The van der Waals surface area contributed by atoms with Crippen molar-refractivity contribution in [2.75, 3.05) is 0 Å². The lowest BCUT2D eigenvalue weighted by Gasteiger charge is -2.39. The van der Waals surface area contributed by atoms with Crippen LogP contribution in [0, 0.1) is 0 Å². The number of rotatable bonds is 18. The van der Waals surface area contributed by atoms with Gasteiger partial charge in [0, 0.05) is 21.9 Å². The molecule has 0 atom stereocenters. The van der Waals surface area contributed by atoms with Gasteiger partial charge in [-0.15, -0.1) is 0 Å². The van der Waals surface area contributed by atoms with Crippen LogP contribution in [0.3, 0.4) is 0 Å². The lowest BCUT2D eigenvalue weighted by molar-refractivity contribution is -0.456. The lowest BCUT2D eigenvalue weighted by Crippen LogP contribution is -2.70. The summed E-state index contributed by atoms with van der Waals surface area (Å²) in [5, 5.41) is -6.49. The van der Waals surface area contributed by atoms with Crippen LogP contribution in [0.15, 0.2) is 93.3 Å². The van der Waals surface area contributed by atoms with E-state index in [-0.39, 0.29) is 36.4 Å². The summed E-state index contributed by atoms with van der Waals surface area (Å²) in [6.07, 6.45) is -30.7. The standard InChI is InChI=1S/C44H14F39O4P/c45-27(46,29(49,50)31(53,54)33(57,58)37(65,66)41(73,74)75)17-3-9-21-15(13-17)1-11-23-25(21)26-22-10-4-18(28(47,48)30(51,52)32(55,56)34(59,60)38(67,68)42(76,77)78)14-16(22)2-12-24(26)87-88(86-23)85-20-7-5-19(6-8-20)84-44(82,83)40(71,72)36(63,64)35(61,62)39(69,70)43(79,80)81/h1-14H. The Labute approximate surface area is 455 Å². The number of halogens is 39. The Bertz CT molecular complexity index is 3490. The van der Waals surface area contributed by atoms with Gasteiger partial charge in [-0.2, -0.15) is 171 Å². The first kappa shape index (κ1) is 70.5. The second-order valence-corrected chi connectivity index (χ2v) is 18.9. The van der Waals surface area contributed by atoms with Crippen LogP contribution in [0.25, 0.3) is 43.5 Å². The van der Waals surface area contributed by atoms with Crippen LogP contribution in [0.4, 0.5) is 171 Å². The fraction of sp³-hybridized carbons (Fsp3) is 0.409. The van der Waals surface area contributed by atoms with Crippen molar-refractivity contribution < 1.29 is 189 Å². The third kappa shape index (κ3) is 9.78. The van der Waals surface area contributed by atoms with E-state index >= 15 is 17.6 Å². The first-order valence-corrected chi connectivity index (χ1v) is 22.7. The van der Waals surface area contributed by atoms with Crippen LogP contribution < -0.4 is 9.26 Å². The molecule has 44 heteroatoms. The SMILES string of the molecule is FC(F)(F)C(F)(F)C(F)(F)C(F)(F)C(F)(F)C(F)(F)Oc1ccc(Op2oc3ccc4cc(C(F)(F)C(F)(F)C(F)(F)C(F)(F)C(F)(F)C(F)(F)F)ccc4c3c3c(ccc4cc(C(F)(F)C(F)(F)C(F)(F)C(F)(F)C(F)(F)C(F)(F)F)ccc43)o2)cc1. The predicted molar refractivity (Wildman–Crippen MR) is 215 cm³/mol. The van der Waals surface area contributed by atoms with Crippen molar-refractivity contribution in [1.29, 1.82) is 0 Å². The highest BCUT2D eigenvalue weighted by Crippen LogP contribution is 2.65. The molecule has 0 aliphatic carbocycles. The van der Waals surface area contributed by atoms with Gasteiger partial charge in [-0.25, -0.2) is 0 Å². The van der Waals surface area contributed by atoms with Gasteiger partial charge in [-0.1, -0.05) is 36.4 Å². The number of ether oxygens (including phenoxy) is 1. The van der Waals surface area contributed by atoms with Crippen LogP contribution in [-0.4, -0.2) is 95.7 Å². The molecule has 0 spiro atoms. The summed E-state index contributed by atoms with van der Waals surface area (Å²) in [4.78, 5) is 0. The van der Waals surface area contributed by atoms with E-state index in [2.05, 4.69) is 4.74 Å². The number of benzene rings is 5. The molecular weight excluding hydrogens is 1360 g/mol. The molecule has 492 valence electrons. The third-order valence-corrected chi connectivity index (χ3v) is 13.4. The molecule has 0 saturated heterocycles. The molecule has 0 N–H and O–H groups in total. The van der Waals surface area contributed by atoms with Gasteiger partial charge in [0.1, 0.15) is 22.7 Å². The smallest absolute Gasteiger partial charge is 0.428 e. The highest BCUT2D eigenvalue weighted by molar-refractivity contribution is 7.32. The van der Waals surface area contributed by atoms with E-state index in [0.29, 0.717) is 24.3 Å². The summed E-state index contributed by atoms with van der Waals surface area (Å²) in [6, 6.07) is -0.664. The van der Waals surface area contributed by atoms with E-state index < -0.39 is 206 Å². The summed E-state index contributed by atoms with van der Waals surface area (Å²) in [5.41, 5.74) is -7.53. The molecule has 0 radical (unpaired) electrons. The second kappa shape index (κ2) is 20.2. The lowest BCUT2D eigenvalue weighted by atomic mass is 9.88. The maximum absolute atomic E-state index is 15.4. The van der Waals surface area contributed by atoms with Gasteiger partial charge in [-0.3, -0.25) is 0 Å². The first-order valence-electron chi connectivity index (χ1n) is 21.6. The fourth-order valence-electron chi connectivity index (χ4n) is 7.42. The average molecular weight is 1380 g/mol. The largest absolute Gasteiger partial charge is 0.471 e. The molecule has 88 heavy (non-hydrogen) atoms. The molecule has 0 amide bonds. The van der Waals surface area contributed by atoms with Crippen molar-refractivity contribution in [2.45, 2.75) is 108 Å². The van der Waals surface area contributed by atoms with Crippen LogP contribution in [0.2, 0.25) is 0 Å². The number of alkyl halides is 39. The Morgan fingerprint density at radius 3 is 0.841 bits per heavy atom. The molecule has 0 unspecified atom stereocenters. The van der Waals surface area contributed by atoms with Crippen molar-refractivity contribution in [1.82, 2.24) is 0 Å². The Balaban J connectivity index is 1.56. The minimum Gasteiger partial charge on any atom is -0.428 e. The predicted octanol–water partition coefficient (Wildman–Crippen LogP) is 20.9. The van der Waals surface area contributed by atoms with Crippen LogP contribution >= 0.6 is 8.24 Å². The van der Waals surface area contributed by atoms with E-state index in [1.54, 1.807) is 0 Å². The van der Waals surface area contributed by atoms with Gasteiger partial charge in [0.15, 0.2) is 0 Å². The minimum atomic E-state index is -8.43. The van der Waals surface area contributed by atoms with Gasteiger partial charge >= 0.3 is 116 Å². The van der Waals surface area contributed by atoms with Gasteiger partial charge in [0.25, 0.3) is 0 Å². The van der Waals surface area contributed by atoms with Crippen molar-refractivity contribution in [3.63, 3.8) is 0 Å². The molecule has 6 rings (SSSR count). The Morgan fingerprint density at radius 2 is 0.545 bits per heavy atom. The van der Waals surface area contributed by atoms with E-state index in [1.807, 2.05) is 0 Å². The Hall–Kier alpha value is -6.61. The molecule has 0 saturated carbocycles. The third-order valence-electron chi connectivity index (χ3n) is 12.3. The molecule has 5 aromatic carbocycles. The molecule has 1 heterocycles. The molecule has 0 aliphatic rings. The normalized spacial score (nSPS) is 15.4. The maximum atomic E-state index is 15.4. The first-order chi connectivity index (χ1) is 38.9. The summed E-state index contributed by atoms with van der Waals surface area (Å²) in [5.74, 6) is -116. The van der Waals surface area contributed by atoms with Crippen LogP contribution in [-0.2, 0) is 11.8 Å². The zero-order valence-electron chi connectivity index (χ0n) is 39.9. The van der Waals surface area contributed by atoms with E-state index in [1.165, 1.54) is 0 Å². The zero-order valence-corrected chi connectivity index (χ0v) is 40.8. The van der Waals surface area contributed by atoms with Crippen molar-refractivity contribution in [2.24, 2.45) is 0 Å². The number of fused-ring (bicyclic) bond motifs is 7. The second-order valence-electron chi connectivity index (χ2n) is 17.9. The summed E-state index contributed by atoms with van der Waals surface area (Å²) in [6.45, 7) is 0. The van der Waals surface area contributed by atoms with Crippen LogP contribution in [0.5, 0.6) is 11.5 Å². The Morgan fingerprint density at radius 1 is 0.273 bits per heavy atom. The van der Waals surface area contributed by atoms with Crippen molar-refractivity contribution in [3.8, 4) is 11.5 Å². The fourth-order valence-corrected chi connectivity index (χ4v) is 8.45. The minimum absolute atomic E-state index is 0.0204. The van der Waals surface area contributed by atoms with Gasteiger partial charge in [0.2, 0.25) is 0 Å². The highest BCUT2D eigenvalue weighted by Gasteiger charge is 2.94. The van der Waals surface area contributed by atoms with E-state index in [0.717, 1.165) is 0 Å². The van der Waals surface area contributed by atoms with E-state index in [4.69, 9.17) is 12.9 Å². The van der Waals surface area contributed by atoms with E-state index in [9.17, 15) is 154 Å². The molecule has 6 aromatic rings. The number of hydrogen-bond acceptors (Lipinski definition) is 4. The maximum Gasteiger partial charge on any atom is 0.471 e. The summed E-state index contributed by atoms with van der Waals surface area (Å²) in [7, 11) is -3.61. The zero-order chi connectivity index (χ0) is 68.2. The van der Waals surface area contributed by atoms with Crippen molar-refractivity contribution >= 4 is 51.7 Å². The van der Waals surface area contributed by atoms with Gasteiger partial charge in [0.05, 0.1) is 0 Å². The quantitative estimate of drug-likeness (QED) is 0.0805. The monoisotopic (exact) mass is 1380 g/mol. The topological polar surface area (TPSA) is 44.7 Å². The molecule has 4 nitrogen and oxygen atoms in total. The van der Waals surface area contributed by atoms with Crippen LogP contribution in [0.1, 0.15) is 11.1 Å². The molecular formula is C44H14F39O4P. The summed E-state index contributed by atoms with van der Waals surface area (Å²) >= 11 is 0. The molecule has 0 bridgehead atoms. The highest BCUT2D eigenvalue weighted by atomic mass is 31.1.